The minimum Gasteiger partial charge on any atom is -0.394 e. The number of hydrogen-bond donors (Lipinski definition) is 2. The molecule has 0 aromatic carbocycles. The molecule has 0 amide bonds. The van der Waals surface area contributed by atoms with Gasteiger partial charge in [0.05, 0.1) is 18.0 Å². The predicted octanol–water partition coefficient (Wildman–Crippen LogP) is 3.47. The summed E-state index contributed by atoms with van der Waals surface area (Å²) in [5, 5.41) is 14.9. The molecule has 1 aliphatic rings. The number of thiophene rings is 1. The summed E-state index contributed by atoms with van der Waals surface area (Å²) in [6.07, 6.45) is 7.70. The van der Waals surface area contributed by atoms with E-state index in [-0.39, 0.29) is 12.6 Å². The van der Waals surface area contributed by atoms with E-state index >= 15 is 0 Å². The lowest BCUT2D eigenvalue weighted by atomic mass is 9.97. The van der Waals surface area contributed by atoms with Crippen LogP contribution in [0.4, 0.5) is 5.82 Å². The molecule has 0 saturated carbocycles. The molecule has 2 N–H and O–H groups in total. The van der Waals surface area contributed by atoms with Crippen molar-refractivity contribution in [3.8, 4) is 0 Å². The first-order valence-corrected chi connectivity index (χ1v) is 9.54. The zero-order valence-corrected chi connectivity index (χ0v) is 14.1. The highest BCUT2D eigenvalue weighted by Crippen LogP contribution is 2.39. The fourth-order valence-corrected chi connectivity index (χ4v) is 4.49. The van der Waals surface area contributed by atoms with Crippen LogP contribution in [-0.2, 0) is 12.8 Å². The third-order valence-corrected chi connectivity index (χ3v) is 5.76. The topological polar surface area (TPSA) is 58.0 Å². The van der Waals surface area contributed by atoms with Crippen molar-refractivity contribution in [2.24, 2.45) is 0 Å². The number of aryl methyl sites for hydroxylation is 2. The van der Waals surface area contributed by atoms with Crippen LogP contribution >= 0.6 is 23.1 Å². The van der Waals surface area contributed by atoms with E-state index in [1.165, 1.54) is 35.1 Å². The Balaban J connectivity index is 2.12. The smallest absolute Gasteiger partial charge is 0.190 e. The monoisotopic (exact) mass is 323 g/mol. The number of aromatic nitrogens is 2. The number of anilines is 1. The van der Waals surface area contributed by atoms with Crippen LogP contribution in [0.2, 0.25) is 0 Å². The lowest BCUT2D eigenvalue weighted by Crippen LogP contribution is -2.23. The zero-order chi connectivity index (χ0) is 14.8. The van der Waals surface area contributed by atoms with Gasteiger partial charge in [-0.2, -0.15) is 0 Å². The average Bonchev–Trinajstić information content (AvgIpc) is 2.90. The van der Waals surface area contributed by atoms with Crippen LogP contribution in [0.5, 0.6) is 0 Å². The highest BCUT2D eigenvalue weighted by Gasteiger charge is 2.22. The summed E-state index contributed by atoms with van der Waals surface area (Å²) >= 11 is 3.39. The quantitative estimate of drug-likeness (QED) is 0.652. The molecule has 2 heterocycles. The Morgan fingerprint density at radius 3 is 2.86 bits per heavy atom. The van der Waals surface area contributed by atoms with Crippen molar-refractivity contribution < 1.29 is 5.11 Å². The van der Waals surface area contributed by atoms with Gasteiger partial charge in [-0.1, -0.05) is 18.7 Å². The van der Waals surface area contributed by atoms with Crippen LogP contribution in [-0.4, -0.2) is 34.0 Å². The molecular weight excluding hydrogens is 302 g/mol. The van der Waals surface area contributed by atoms with Crippen LogP contribution in [0, 0.1) is 0 Å². The normalized spacial score (nSPS) is 16.0. The van der Waals surface area contributed by atoms with Gasteiger partial charge in [0.2, 0.25) is 0 Å². The Morgan fingerprint density at radius 2 is 2.14 bits per heavy atom. The van der Waals surface area contributed by atoms with Crippen molar-refractivity contribution in [3.63, 3.8) is 0 Å². The second-order valence-electron chi connectivity index (χ2n) is 5.38. The summed E-state index contributed by atoms with van der Waals surface area (Å²) in [6, 6.07) is 0.0527. The maximum atomic E-state index is 9.47. The molecule has 0 radical (unpaired) electrons. The number of nitrogens with one attached hydrogen (secondary N) is 1. The van der Waals surface area contributed by atoms with E-state index in [0.29, 0.717) is 0 Å². The Bertz CT molecular complexity index is 637. The Kier molecular flexibility index (Phi) is 4.66. The first kappa shape index (κ1) is 15.1. The second-order valence-corrected chi connectivity index (χ2v) is 7.24. The summed E-state index contributed by atoms with van der Waals surface area (Å²) in [4.78, 5) is 11.9. The van der Waals surface area contributed by atoms with Crippen LogP contribution in [0.1, 0.15) is 36.6 Å². The highest BCUT2D eigenvalue weighted by atomic mass is 32.2. The van der Waals surface area contributed by atoms with E-state index in [4.69, 9.17) is 0 Å². The van der Waals surface area contributed by atoms with Crippen LogP contribution in [0.3, 0.4) is 0 Å². The number of thioether (sulfide) groups is 1. The Morgan fingerprint density at radius 1 is 1.33 bits per heavy atom. The van der Waals surface area contributed by atoms with Gasteiger partial charge in [-0.25, -0.2) is 9.97 Å². The van der Waals surface area contributed by atoms with E-state index in [9.17, 15) is 5.11 Å². The standard InChI is InChI=1S/C15H21N3OS2/c1-3-9(8-19)16-13-12-10-6-4-5-7-11(10)21-14(12)18-15(17-13)20-2/h9,19H,3-8H2,1-2H3,(H,16,17,18). The van der Waals surface area contributed by atoms with Crippen molar-refractivity contribution >= 4 is 39.1 Å². The molecule has 1 atom stereocenters. The van der Waals surface area contributed by atoms with E-state index in [0.717, 1.165) is 28.6 Å². The minimum atomic E-state index is 0.0527. The first-order chi connectivity index (χ1) is 10.3. The summed E-state index contributed by atoms with van der Waals surface area (Å²) < 4.78 is 0. The van der Waals surface area contributed by atoms with Gasteiger partial charge in [0, 0.05) is 4.88 Å². The largest absolute Gasteiger partial charge is 0.394 e. The molecule has 3 rings (SSSR count). The lowest BCUT2D eigenvalue weighted by Gasteiger charge is -2.17. The molecular formula is C15H21N3OS2. The van der Waals surface area contributed by atoms with Gasteiger partial charge in [0.25, 0.3) is 0 Å². The Hall–Kier alpha value is -0.850. The summed E-state index contributed by atoms with van der Waals surface area (Å²) in [5.74, 6) is 0.907. The van der Waals surface area contributed by atoms with Crippen molar-refractivity contribution in [3.05, 3.63) is 10.4 Å². The van der Waals surface area contributed by atoms with E-state index in [1.54, 1.807) is 11.8 Å². The average molecular weight is 323 g/mol. The van der Waals surface area contributed by atoms with Gasteiger partial charge in [-0.05, 0) is 43.9 Å². The van der Waals surface area contributed by atoms with Gasteiger partial charge < -0.3 is 10.4 Å². The minimum absolute atomic E-state index is 0.0527. The van der Waals surface area contributed by atoms with E-state index in [1.807, 2.05) is 17.6 Å². The molecule has 1 aliphatic carbocycles. The van der Waals surface area contributed by atoms with Crippen LogP contribution in [0.15, 0.2) is 5.16 Å². The summed E-state index contributed by atoms with van der Waals surface area (Å²) in [6.45, 7) is 2.20. The molecule has 0 bridgehead atoms. The molecule has 2 aromatic heterocycles. The number of nitrogens with zero attached hydrogens (tertiary/aromatic N) is 2. The van der Waals surface area contributed by atoms with Gasteiger partial charge in [0.15, 0.2) is 5.16 Å². The number of fused-ring (bicyclic) bond motifs is 3. The molecule has 0 saturated heterocycles. The molecule has 0 aliphatic heterocycles. The molecule has 1 unspecified atom stereocenters. The number of aliphatic hydroxyl groups is 1. The first-order valence-electron chi connectivity index (χ1n) is 7.50. The van der Waals surface area contributed by atoms with Crippen LogP contribution in [0.25, 0.3) is 10.2 Å². The predicted molar refractivity (Wildman–Crippen MR) is 90.6 cm³/mol. The third-order valence-electron chi connectivity index (χ3n) is 4.03. The van der Waals surface area contributed by atoms with Crippen LogP contribution < -0.4 is 5.32 Å². The van der Waals surface area contributed by atoms with Crippen molar-refractivity contribution in [2.45, 2.75) is 50.2 Å². The lowest BCUT2D eigenvalue weighted by molar-refractivity contribution is 0.271. The highest BCUT2D eigenvalue weighted by molar-refractivity contribution is 7.98. The molecule has 4 nitrogen and oxygen atoms in total. The molecule has 114 valence electrons. The Labute approximate surface area is 133 Å². The summed E-state index contributed by atoms with van der Waals surface area (Å²) in [5.41, 5.74) is 1.43. The fourth-order valence-electron chi connectivity index (χ4n) is 2.80. The van der Waals surface area contributed by atoms with Gasteiger partial charge >= 0.3 is 0 Å². The number of hydrogen-bond acceptors (Lipinski definition) is 6. The van der Waals surface area contributed by atoms with Crippen molar-refractivity contribution in [1.29, 1.82) is 0 Å². The number of rotatable bonds is 5. The molecule has 21 heavy (non-hydrogen) atoms. The van der Waals surface area contributed by atoms with Crippen molar-refractivity contribution in [2.75, 3.05) is 18.2 Å². The maximum Gasteiger partial charge on any atom is 0.190 e. The fraction of sp³-hybridized carbons (Fsp3) is 0.600. The van der Waals surface area contributed by atoms with Gasteiger partial charge in [-0.15, -0.1) is 11.3 Å². The molecule has 6 heteroatoms. The zero-order valence-electron chi connectivity index (χ0n) is 12.5. The maximum absolute atomic E-state index is 9.47. The third kappa shape index (κ3) is 2.89. The molecule has 0 spiro atoms. The molecule has 2 aromatic rings. The van der Waals surface area contributed by atoms with Crippen molar-refractivity contribution in [1.82, 2.24) is 9.97 Å². The van der Waals surface area contributed by atoms with Gasteiger partial charge in [-0.3, -0.25) is 0 Å². The molecule has 0 fully saturated rings. The second kappa shape index (κ2) is 6.50. The SMILES string of the molecule is CCC(CO)Nc1nc(SC)nc2sc3c(c12)CCCC3. The van der Waals surface area contributed by atoms with E-state index in [2.05, 4.69) is 22.2 Å². The summed E-state index contributed by atoms with van der Waals surface area (Å²) in [7, 11) is 0. The number of aliphatic hydroxyl groups excluding tert-OH is 1. The van der Waals surface area contributed by atoms with Gasteiger partial charge in [0.1, 0.15) is 10.6 Å². The van der Waals surface area contributed by atoms with E-state index < -0.39 is 0 Å².